The van der Waals surface area contributed by atoms with Crippen LogP contribution in [-0.2, 0) is 9.84 Å². The van der Waals surface area contributed by atoms with Gasteiger partial charge in [0.1, 0.15) is 0 Å². The monoisotopic (exact) mass is 327 g/mol. The molecule has 1 aliphatic rings. The maximum atomic E-state index is 11.7. The van der Waals surface area contributed by atoms with Crippen molar-refractivity contribution in [3.05, 3.63) is 29.3 Å². The van der Waals surface area contributed by atoms with Gasteiger partial charge in [-0.25, -0.2) is 8.42 Å². The lowest BCUT2D eigenvalue weighted by atomic mass is 10.2. The summed E-state index contributed by atoms with van der Waals surface area (Å²) in [7, 11) is -3.00. The average molecular weight is 328 g/mol. The normalized spacial score (nSPS) is 21.4. The van der Waals surface area contributed by atoms with Gasteiger partial charge in [0.25, 0.3) is 0 Å². The van der Waals surface area contributed by atoms with Crippen molar-refractivity contribution in [1.82, 2.24) is 10.1 Å². The van der Waals surface area contributed by atoms with Crippen molar-refractivity contribution in [2.75, 3.05) is 23.7 Å². The van der Waals surface area contributed by atoms with Gasteiger partial charge in [-0.2, -0.15) is 4.98 Å². The minimum Gasteiger partial charge on any atom is -0.322 e. The molecule has 0 N–H and O–H groups in total. The van der Waals surface area contributed by atoms with E-state index in [1.165, 1.54) is 0 Å². The zero-order chi connectivity index (χ0) is 15.0. The SMILES string of the molecule is CC1CN(c2nc(-c3cccc(Cl)c3)no2)CCS1(=O)=O. The fourth-order valence-electron chi connectivity index (χ4n) is 2.22. The number of halogens is 1. The maximum absolute atomic E-state index is 11.7. The molecule has 112 valence electrons. The highest BCUT2D eigenvalue weighted by Crippen LogP contribution is 2.24. The van der Waals surface area contributed by atoms with Gasteiger partial charge in [0.05, 0.1) is 11.0 Å². The van der Waals surface area contributed by atoms with E-state index in [1.807, 2.05) is 12.1 Å². The van der Waals surface area contributed by atoms with Crippen molar-refractivity contribution in [2.45, 2.75) is 12.2 Å². The van der Waals surface area contributed by atoms with Gasteiger partial charge >= 0.3 is 6.01 Å². The summed E-state index contributed by atoms with van der Waals surface area (Å²) < 4.78 is 28.7. The Morgan fingerprint density at radius 1 is 1.43 bits per heavy atom. The van der Waals surface area contributed by atoms with Crippen LogP contribution < -0.4 is 4.90 Å². The molecule has 0 spiro atoms. The summed E-state index contributed by atoms with van der Waals surface area (Å²) in [6, 6.07) is 7.50. The molecule has 2 heterocycles. The van der Waals surface area contributed by atoms with Crippen LogP contribution in [0.25, 0.3) is 11.4 Å². The molecule has 3 rings (SSSR count). The molecule has 1 atom stereocenters. The van der Waals surface area contributed by atoms with Crippen LogP contribution in [0.1, 0.15) is 6.92 Å². The van der Waals surface area contributed by atoms with E-state index in [2.05, 4.69) is 10.1 Å². The molecule has 1 aromatic carbocycles. The number of aromatic nitrogens is 2. The lowest BCUT2D eigenvalue weighted by Gasteiger charge is -2.28. The molecule has 1 aromatic heterocycles. The van der Waals surface area contributed by atoms with Crippen molar-refractivity contribution in [3.8, 4) is 11.4 Å². The molecule has 0 aliphatic carbocycles. The first kappa shape index (κ1) is 14.3. The van der Waals surface area contributed by atoms with Crippen LogP contribution in [-0.4, -0.2) is 42.7 Å². The van der Waals surface area contributed by atoms with Gasteiger partial charge in [0, 0.05) is 23.7 Å². The van der Waals surface area contributed by atoms with E-state index in [-0.39, 0.29) is 5.75 Å². The summed E-state index contributed by atoms with van der Waals surface area (Å²) in [5.41, 5.74) is 0.759. The van der Waals surface area contributed by atoms with Gasteiger partial charge in [0.2, 0.25) is 5.82 Å². The third-order valence-electron chi connectivity index (χ3n) is 3.50. The molecule has 0 saturated carbocycles. The molecular weight excluding hydrogens is 314 g/mol. The molecule has 1 aliphatic heterocycles. The molecular formula is C13H14ClN3O3S. The van der Waals surface area contributed by atoms with Crippen LogP contribution in [0.4, 0.5) is 6.01 Å². The number of benzene rings is 1. The summed E-state index contributed by atoms with van der Waals surface area (Å²) in [4.78, 5) is 6.12. The van der Waals surface area contributed by atoms with Crippen LogP contribution in [0, 0.1) is 0 Å². The molecule has 0 amide bonds. The van der Waals surface area contributed by atoms with Gasteiger partial charge in [-0.3, -0.25) is 0 Å². The number of hydrogen-bond donors (Lipinski definition) is 0. The number of hydrogen-bond acceptors (Lipinski definition) is 6. The van der Waals surface area contributed by atoms with E-state index in [4.69, 9.17) is 16.1 Å². The van der Waals surface area contributed by atoms with Crippen molar-refractivity contribution in [1.29, 1.82) is 0 Å². The highest BCUT2D eigenvalue weighted by molar-refractivity contribution is 7.92. The van der Waals surface area contributed by atoms with E-state index >= 15 is 0 Å². The van der Waals surface area contributed by atoms with Crippen LogP contribution in [0.3, 0.4) is 0 Å². The number of sulfone groups is 1. The first-order valence-electron chi connectivity index (χ1n) is 6.52. The Labute approximate surface area is 127 Å². The fourth-order valence-corrected chi connectivity index (χ4v) is 3.69. The smallest absolute Gasteiger partial charge is 0.322 e. The first-order chi connectivity index (χ1) is 9.95. The van der Waals surface area contributed by atoms with Gasteiger partial charge in [0.15, 0.2) is 9.84 Å². The lowest BCUT2D eigenvalue weighted by molar-refractivity contribution is 0.412. The Morgan fingerprint density at radius 3 is 2.95 bits per heavy atom. The molecule has 2 aromatic rings. The predicted molar refractivity (Wildman–Crippen MR) is 80.2 cm³/mol. The van der Waals surface area contributed by atoms with Gasteiger partial charge in [-0.15, -0.1) is 0 Å². The second-order valence-electron chi connectivity index (χ2n) is 5.03. The number of rotatable bonds is 2. The molecule has 1 unspecified atom stereocenters. The highest BCUT2D eigenvalue weighted by Gasteiger charge is 2.31. The Balaban J connectivity index is 1.83. The highest BCUT2D eigenvalue weighted by atomic mass is 35.5. The Bertz CT molecular complexity index is 760. The van der Waals surface area contributed by atoms with Crippen molar-refractivity contribution in [3.63, 3.8) is 0 Å². The zero-order valence-corrected chi connectivity index (χ0v) is 12.9. The van der Waals surface area contributed by atoms with Gasteiger partial charge < -0.3 is 9.42 Å². The first-order valence-corrected chi connectivity index (χ1v) is 8.61. The summed E-state index contributed by atoms with van der Waals surface area (Å²) in [5, 5.41) is 4.09. The van der Waals surface area contributed by atoms with Crippen molar-refractivity contribution >= 4 is 27.5 Å². The number of anilines is 1. The predicted octanol–water partition coefficient (Wildman–Crippen LogP) is 2.01. The Kier molecular flexibility index (Phi) is 3.62. The van der Waals surface area contributed by atoms with E-state index in [0.717, 1.165) is 5.56 Å². The van der Waals surface area contributed by atoms with Crippen LogP contribution in [0.2, 0.25) is 5.02 Å². The minimum absolute atomic E-state index is 0.100. The summed E-state index contributed by atoms with van der Waals surface area (Å²) in [6.45, 7) is 2.42. The molecule has 1 fully saturated rings. The van der Waals surface area contributed by atoms with E-state index in [0.29, 0.717) is 30.0 Å². The summed E-state index contributed by atoms with van der Waals surface area (Å²) in [5.74, 6) is 0.539. The fraction of sp³-hybridized carbons (Fsp3) is 0.385. The van der Waals surface area contributed by atoms with Crippen LogP contribution in [0.15, 0.2) is 28.8 Å². The van der Waals surface area contributed by atoms with Crippen molar-refractivity contribution in [2.24, 2.45) is 0 Å². The Hall–Kier alpha value is -1.60. The van der Waals surface area contributed by atoms with E-state index < -0.39 is 15.1 Å². The third-order valence-corrected chi connectivity index (χ3v) is 5.87. The zero-order valence-electron chi connectivity index (χ0n) is 11.4. The summed E-state index contributed by atoms with van der Waals surface area (Å²) in [6.07, 6.45) is 0. The maximum Gasteiger partial charge on any atom is 0.324 e. The molecule has 0 bridgehead atoms. The largest absolute Gasteiger partial charge is 0.324 e. The quantitative estimate of drug-likeness (QED) is 0.840. The number of nitrogens with zero attached hydrogens (tertiary/aromatic N) is 3. The second-order valence-corrected chi connectivity index (χ2v) is 8.01. The van der Waals surface area contributed by atoms with E-state index in [1.54, 1.807) is 24.0 Å². The van der Waals surface area contributed by atoms with Crippen molar-refractivity contribution < 1.29 is 12.9 Å². The standard InChI is InChI=1S/C13H14ClN3O3S/c1-9-8-17(5-6-21(9,18)19)13-15-12(16-20-13)10-3-2-4-11(14)7-10/h2-4,7,9H,5-6,8H2,1H3. The summed E-state index contributed by atoms with van der Waals surface area (Å²) >= 11 is 5.94. The Morgan fingerprint density at radius 2 is 2.24 bits per heavy atom. The molecule has 6 nitrogen and oxygen atoms in total. The molecule has 0 radical (unpaired) electrons. The van der Waals surface area contributed by atoms with Gasteiger partial charge in [-0.05, 0) is 19.1 Å². The van der Waals surface area contributed by atoms with E-state index in [9.17, 15) is 8.42 Å². The average Bonchev–Trinajstić information content (AvgIpc) is 2.92. The lowest BCUT2D eigenvalue weighted by Crippen LogP contribution is -2.45. The topological polar surface area (TPSA) is 76.3 Å². The molecule has 21 heavy (non-hydrogen) atoms. The molecule has 1 saturated heterocycles. The minimum atomic E-state index is -3.00. The second kappa shape index (κ2) is 5.31. The van der Waals surface area contributed by atoms with Crippen LogP contribution in [0.5, 0.6) is 0 Å². The van der Waals surface area contributed by atoms with Gasteiger partial charge in [-0.1, -0.05) is 28.9 Å². The molecule has 8 heteroatoms. The third kappa shape index (κ3) is 2.89. The van der Waals surface area contributed by atoms with Crippen LogP contribution >= 0.6 is 11.6 Å².